The van der Waals surface area contributed by atoms with E-state index >= 15 is 0 Å². The second-order valence-corrected chi connectivity index (χ2v) is 15.8. The Kier molecular flexibility index (Phi) is 19.6. The van der Waals surface area contributed by atoms with E-state index in [4.69, 9.17) is 18.9 Å². The summed E-state index contributed by atoms with van der Waals surface area (Å²) in [6.45, 7) is 8.86. The number of esters is 1. The largest absolute Gasteiger partial charge is 0.459 e. The summed E-state index contributed by atoms with van der Waals surface area (Å²) in [5.74, 6) is -2.77. The Morgan fingerprint density at radius 1 is 0.635 bits per heavy atom. The molecule has 0 aliphatic carbocycles. The Balaban J connectivity index is 1.37. The van der Waals surface area contributed by atoms with Crippen LogP contribution in [-0.4, -0.2) is 81.7 Å². The first-order valence-corrected chi connectivity index (χ1v) is 20.8. The number of nitrogens with zero attached hydrogens (tertiary/aromatic N) is 2. The number of alkyl carbamates (subject to hydrolysis) is 2. The van der Waals surface area contributed by atoms with Gasteiger partial charge >= 0.3 is 18.2 Å². The summed E-state index contributed by atoms with van der Waals surface area (Å²) < 4.78 is 23.5. The number of hydrogen-bond donors (Lipinski definition) is 5. The highest BCUT2D eigenvalue weighted by molar-refractivity contribution is 5.94. The lowest BCUT2D eigenvalue weighted by Gasteiger charge is -2.25. The number of carbonyl (C=O) groups is 6. The standard InChI is InChI=1S/C46H59N7O10/c1-32(49-41(55)38(52-45(59)63-46(3,4)5)23-15-16-24-47-44(58)62-29-36-21-13-8-14-22-36)40(54)51-39(42(56)50-33(2)43(57)61-28-35-19-11-7-12-20-35)25-37-26-53(30-48-37)31-60-27-34-17-9-6-10-18-34/h6-14,17-22,26,30,32-33,38-39H,15-16,23-25,27-29,31H2,1-5H3,(H,47,58)(H,49,55)(H,50,56)(H,51,54)(H,52,59)/t32-,33-,38+,39+/m1/s1. The van der Waals surface area contributed by atoms with Crippen molar-refractivity contribution in [3.05, 3.63) is 126 Å². The molecule has 3 aromatic carbocycles. The predicted molar refractivity (Wildman–Crippen MR) is 232 cm³/mol. The summed E-state index contributed by atoms with van der Waals surface area (Å²) in [6, 6.07) is 23.3. The topological polar surface area (TPSA) is 217 Å². The van der Waals surface area contributed by atoms with Gasteiger partial charge in [-0.15, -0.1) is 0 Å². The molecular weight excluding hydrogens is 811 g/mol. The van der Waals surface area contributed by atoms with E-state index in [1.54, 1.807) is 43.7 Å². The van der Waals surface area contributed by atoms with Gasteiger partial charge in [-0.1, -0.05) is 91.0 Å². The zero-order chi connectivity index (χ0) is 45.6. The van der Waals surface area contributed by atoms with Crippen LogP contribution in [0.5, 0.6) is 0 Å². The van der Waals surface area contributed by atoms with Crippen molar-refractivity contribution in [3.8, 4) is 0 Å². The molecule has 0 saturated carbocycles. The van der Waals surface area contributed by atoms with Crippen molar-refractivity contribution >= 4 is 35.9 Å². The Labute approximate surface area is 368 Å². The Morgan fingerprint density at radius 3 is 1.79 bits per heavy atom. The van der Waals surface area contributed by atoms with Crippen molar-refractivity contribution in [3.63, 3.8) is 0 Å². The normalized spacial score (nSPS) is 13.0. The van der Waals surface area contributed by atoms with Crippen LogP contribution in [0.4, 0.5) is 9.59 Å². The highest BCUT2D eigenvalue weighted by Gasteiger charge is 2.30. The van der Waals surface area contributed by atoms with Gasteiger partial charge in [0.2, 0.25) is 17.7 Å². The van der Waals surface area contributed by atoms with Crippen molar-refractivity contribution in [1.29, 1.82) is 0 Å². The Morgan fingerprint density at radius 2 is 1.19 bits per heavy atom. The molecule has 0 aliphatic rings. The van der Waals surface area contributed by atoms with Crippen molar-refractivity contribution in [2.75, 3.05) is 6.54 Å². The van der Waals surface area contributed by atoms with Gasteiger partial charge in [0.15, 0.2) is 0 Å². The third-order valence-corrected chi connectivity index (χ3v) is 9.18. The van der Waals surface area contributed by atoms with Crippen LogP contribution in [0.1, 0.15) is 76.3 Å². The van der Waals surface area contributed by atoms with Crippen LogP contribution in [0.15, 0.2) is 104 Å². The van der Waals surface area contributed by atoms with Crippen molar-refractivity contribution in [1.82, 2.24) is 36.1 Å². The first-order chi connectivity index (χ1) is 30.1. The molecule has 1 heterocycles. The van der Waals surface area contributed by atoms with E-state index in [0.29, 0.717) is 25.1 Å². The minimum Gasteiger partial charge on any atom is -0.459 e. The van der Waals surface area contributed by atoms with Gasteiger partial charge in [0.05, 0.1) is 18.6 Å². The maximum Gasteiger partial charge on any atom is 0.408 e. The van der Waals surface area contributed by atoms with E-state index < -0.39 is 65.6 Å². The van der Waals surface area contributed by atoms with Gasteiger partial charge < -0.3 is 50.1 Å². The lowest BCUT2D eigenvalue weighted by atomic mass is 10.1. The van der Waals surface area contributed by atoms with Crippen LogP contribution in [0, 0.1) is 0 Å². The molecule has 1 aromatic heterocycles. The lowest BCUT2D eigenvalue weighted by Crippen LogP contribution is -2.57. The zero-order valence-corrected chi connectivity index (χ0v) is 36.5. The second kappa shape index (κ2) is 25.2. The number of hydrogen-bond acceptors (Lipinski definition) is 11. The summed E-state index contributed by atoms with van der Waals surface area (Å²) in [7, 11) is 0. The zero-order valence-electron chi connectivity index (χ0n) is 36.5. The molecular formula is C46H59N7O10. The summed E-state index contributed by atoms with van der Waals surface area (Å²) in [5, 5.41) is 13.2. The molecule has 17 nitrogen and oxygen atoms in total. The van der Waals surface area contributed by atoms with Gasteiger partial charge in [0.1, 0.15) is 49.7 Å². The summed E-state index contributed by atoms with van der Waals surface area (Å²) in [6.07, 6.45) is 2.69. The van der Waals surface area contributed by atoms with E-state index in [0.717, 1.165) is 16.7 Å². The lowest BCUT2D eigenvalue weighted by molar-refractivity contribution is -0.148. The fourth-order valence-electron chi connectivity index (χ4n) is 5.90. The van der Waals surface area contributed by atoms with E-state index in [1.165, 1.54) is 20.2 Å². The summed E-state index contributed by atoms with van der Waals surface area (Å²) in [5.41, 5.74) is 2.20. The Bertz CT molecular complexity index is 2060. The van der Waals surface area contributed by atoms with E-state index in [1.807, 2.05) is 78.9 Å². The van der Waals surface area contributed by atoms with Crippen molar-refractivity contribution in [2.24, 2.45) is 0 Å². The molecule has 0 unspecified atom stereocenters. The molecule has 0 aliphatic heterocycles. The number of rotatable bonds is 23. The van der Waals surface area contributed by atoms with Crippen LogP contribution in [0.2, 0.25) is 0 Å². The van der Waals surface area contributed by atoms with Gasteiger partial charge in [0, 0.05) is 19.2 Å². The molecule has 0 fully saturated rings. The summed E-state index contributed by atoms with van der Waals surface area (Å²) >= 11 is 0. The first kappa shape index (κ1) is 48.9. The molecule has 17 heteroatoms. The third kappa shape index (κ3) is 18.8. The van der Waals surface area contributed by atoms with Crippen LogP contribution >= 0.6 is 0 Å². The van der Waals surface area contributed by atoms with Gasteiger partial charge in [-0.2, -0.15) is 0 Å². The van der Waals surface area contributed by atoms with Crippen LogP contribution in [0.3, 0.4) is 0 Å². The first-order valence-electron chi connectivity index (χ1n) is 20.8. The van der Waals surface area contributed by atoms with Gasteiger partial charge in [-0.3, -0.25) is 14.4 Å². The number of benzene rings is 3. The van der Waals surface area contributed by atoms with Crippen molar-refractivity contribution < 1.29 is 47.7 Å². The van der Waals surface area contributed by atoms with Crippen LogP contribution in [0.25, 0.3) is 0 Å². The molecule has 5 N–H and O–H groups in total. The minimum absolute atomic E-state index is 0.00549. The van der Waals surface area contributed by atoms with Crippen molar-refractivity contribution in [2.45, 2.75) is 117 Å². The van der Waals surface area contributed by atoms with Gasteiger partial charge in [-0.25, -0.2) is 19.4 Å². The van der Waals surface area contributed by atoms with E-state index in [-0.39, 0.29) is 39.3 Å². The molecule has 4 atom stereocenters. The number of nitrogens with one attached hydrogen (secondary N) is 5. The Hall–Kier alpha value is -6.75. The number of aromatic nitrogens is 2. The molecule has 4 rings (SSSR count). The SMILES string of the molecule is C[C@@H](NC(=O)[C@H](CCCCNC(=O)OCc1ccccc1)NC(=O)OC(C)(C)C)C(=O)N[C@@H](Cc1cn(COCc2ccccc2)cn1)C(=O)N[C@H](C)C(=O)OCc1ccccc1. The van der Waals surface area contributed by atoms with Gasteiger partial charge in [0.25, 0.3) is 0 Å². The highest BCUT2D eigenvalue weighted by atomic mass is 16.6. The molecule has 0 radical (unpaired) electrons. The number of carbonyl (C=O) groups excluding carboxylic acids is 6. The molecule has 5 amide bonds. The fraction of sp³-hybridized carbons (Fsp3) is 0.413. The molecule has 0 spiro atoms. The van der Waals surface area contributed by atoms with Crippen LogP contribution in [-0.2, 0) is 71.1 Å². The molecule has 4 aromatic rings. The number of imidazole rings is 1. The number of unbranched alkanes of at least 4 members (excludes halogenated alkanes) is 1. The fourth-order valence-corrected chi connectivity index (χ4v) is 5.90. The molecule has 63 heavy (non-hydrogen) atoms. The van der Waals surface area contributed by atoms with E-state index in [9.17, 15) is 28.8 Å². The third-order valence-electron chi connectivity index (χ3n) is 9.18. The molecule has 0 saturated heterocycles. The number of amides is 5. The quantitative estimate of drug-likeness (QED) is 0.0387. The van der Waals surface area contributed by atoms with Gasteiger partial charge in [-0.05, 0) is 70.6 Å². The second-order valence-electron chi connectivity index (χ2n) is 15.8. The highest BCUT2D eigenvalue weighted by Crippen LogP contribution is 2.11. The summed E-state index contributed by atoms with van der Waals surface area (Å²) in [4.78, 5) is 83.2. The maximum absolute atomic E-state index is 13.7. The predicted octanol–water partition coefficient (Wildman–Crippen LogP) is 4.83. The van der Waals surface area contributed by atoms with Crippen LogP contribution < -0.4 is 26.6 Å². The van der Waals surface area contributed by atoms with E-state index in [2.05, 4.69) is 31.6 Å². The monoisotopic (exact) mass is 869 g/mol. The smallest absolute Gasteiger partial charge is 0.408 e. The average Bonchev–Trinajstić information content (AvgIpc) is 3.71. The minimum atomic E-state index is -1.24. The molecule has 0 bridgehead atoms. The molecule has 338 valence electrons. The average molecular weight is 870 g/mol. The number of ether oxygens (including phenoxy) is 4. The maximum atomic E-state index is 13.7.